The van der Waals surface area contributed by atoms with E-state index < -0.39 is 11.9 Å². The second-order valence-electron chi connectivity index (χ2n) is 4.58. The fourth-order valence-electron chi connectivity index (χ4n) is 1.88. The third kappa shape index (κ3) is 3.68. The number of nitrogens with one attached hydrogen (secondary N) is 1. The molecule has 1 aromatic carbocycles. The van der Waals surface area contributed by atoms with Crippen molar-refractivity contribution in [3.05, 3.63) is 36.5 Å². The Kier molecular flexibility index (Phi) is 4.90. The molecule has 2 aromatic rings. The maximum Gasteiger partial charge on any atom is 0.238 e. The highest BCUT2D eigenvalue weighted by Crippen LogP contribution is 2.18. The van der Waals surface area contributed by atoms with E-state index in [-0.39, 0.29) is 6.61 Å². The molecular weight excluding hydrogens is 254 g/mol. The standard InChI is InChI=1S/C15H19N3O2/c1-2-7-17-14(15(16)19)10-20-12-6-5-11-4-3-8-18-13(11)9-12/h3-6,8-9,14,17H,2,7,10H2,1H3,(H2,16,19). The number of nitrogens with two attached hydrogens (primary N) is 1. The van der Waals surface area contributed by atoms with E-state index in [1.165, 1.54) is 0 Å². The van der Waals surface area contributed by atoms with E-state index in [0.29, 0.717) is 5.75 Å². The van der Waals surface area contributed by atoms with Crippen molar-refractivity contribution in [2.75, 3.05) is 13.2 Å². The normalized spacial score (nSPS) is 12.2. The minimum absolute atomic E-state index is 0.216. The molecule has 0 bridgehead atoms. The molecular formula is C15H19N3O2. The molecule has 0 aliphatic rings. The molecule has 0 saturated heterocycles. The van der Waals surface area contributed by atoms with Gasteiger partial charge in [0, 0.05) is 17.6 Å². The van der Waals surface area contributed by atoms with E-state index in [1.54, 1.807) is 6.20 Å². The van der Waals surface area contributed by atoms with E-state index in [0.717, 1.165) is 23.9 Å². The average Bonchev–Trinajstić information content (AvgIpc) is 2.46. The molecule has 1 unspecified atom stereocenters. The van der Waals surface area contributed by atoms with E-state index in [1.807, 2.05) is 37.3 Å². The fraction of sp³-hybridized carbons (Fsp3) is 0.333. The van der Waals surface area contributed by atoms with Gasteiger partial charge in [-0.1, -0.05) is 13.0 Å². The summed E-state index contributed by atoms with van der Waals surface area (Å²) in [7, 11) is 0. The van der Waals surface area contributed by atoms with Gasteiger partial charge in [0.05, 0.1) is 5.52 Å². The lowest BCUT2D eigenvalue weighted by atomic mass is 10.2. The minimum Gasteiger partial charge on any atom is -0.491 e. The van der Waals surface area contributed by atoms with Crippen LogP contribution in [0.4, 0.5) is 0 Å². The highest BCUT2D eigenvalue weighted by Gasteiger charge is 2.14. The number of rotatable bonds is 7. The van der Waals surface area contributed by atoms with Gasteiger partial charge in [-0.05, 0) is 31.2 Å². The summed E-state index contributed by atoms with van der Waals surface area (Å²) in [5, 5.41) is 4.11. The van der Waals surface area contributed by atoms with Crippen LogP contribution in [0.15, 0.2) is 36.5 Å². The van der Waals surface area contributed by atoms with Crippen LogP contribution < -0.4 is 15.8 Å². The largest absolute Gasteiger partial charge is 0.491 e. The van der Waals surface area contributed by atoms with Crippen molar-refractivity contribution in [1.82, 2.24) is 10.3 Å². The number of carbonyl (C=O) groups excluding carboxylic acids is 1. The predicted molar refractivity (Wildman–Crippen MR) is 78.5 cm³/mol. The second-order valence-corrected chi connectivity index (χ2v) is 4.58. The highest BCUT2D eigenvalue weighted by atomic mass is 16.5. The van der Waals surface area contributed by atoms with Crippen molar-refractivity contribution in [1.29, 1.82) is 0 Å². The smallest absolute Gasteiger partial charge is 0.238 e. The quantitative estimate of drug-likeness (QED) is 0.800. The van der Waals surface area contributed by atoms with Gasteiger partial charge < -0.3 is 15.8 Å². The molecule has 0 aliphatic carbocycles. The summed E-state index contributed by atoms with van der Waals surface area (Å²) >= 11 is 0. The molecule has 1 atom stereocenters. The maximum absolute atomic E-state index is 11.3. The molecule has 1 amide bonds. The Balaban J connectivity index is 2.01. The van der Waals surface area contributed by atoms with Gasteiger partial charge in [0.1, 0.15) is 18.4 Å². The monoisotopic (exact) mass is 273 g/mol. The van der Waals surface area contributed by atoms with Crippen LogP contribution in [0, 0.1) is 0 Å². The molecule has 2 rings (SSSR count). The lowest BCUT2D eigenvalue weighted by Gasteiger charge is -2.16. The van der Waals surface area contributed by atoms with Gasteiger partial charge >= 0.3 is 0 Å². The summed E-state index contributed by atoms with van der Waals surface area (Å²) < 4.78 is 5.63. The van der Waals surface area contributed by atoms with Gasteiger partial charge in [0.25, 0.3) is 0 Å². The van der Waals surface area contributed by atoms with Crippen LogP contribution in [0.2, 0.25) is 0 Å². The van der Waals surface area contributed by atoms with Gasteiger partial charge in [-0.25, -0.2) is 0 Å². The number of primary amides is 1. The Bertz CT molecular complexity index is 586. The summed E-state index contributed by atoms with van der Waals surface area (Å²) in [4.78, 5) is 15.6. The number of hydrogen-bond donors (Lipinski definition) is 2. The number of benzene rings is 1. The number of pyridine rings is 1. The zero-order chi connectivity index (χ0) is 14.4. The predicted octanol–water partition coefficient (Wildman–Crippen LogP) is 1.47. The van der Waals surface area contributed by atoms with Gasteiger partial charge in [-0.15, -0.1) is 0 Å². The van der Waals surface area contributed by atoms with Gasteiger partial charge in [0.15, 0.2) is 0 Å². The first kappa shape index (κ1) is 14.3. The Hall–Kier alpha value is -2.14. The van der Waals surface area contributed by atoms with E-state index in [2.05, 4.69) is 10.3 Å². The first-order chi connectivity index (χ1) is 9.70. The number of ether oxygens (including phenoxy) is 1. The van der Waals surface area contributed by atoms with Crippen LogP contribution in [-0.4, -0.2) is 30.1 Å². The lowest BCUT2D eigenvalue weighted by molar-refractivity contribution is -0.120. The van der Waals surface area contributed by atoms with Crippen molar-refractivity contribution in [2.45, 2.75) is 19.4 Å². The Morgan fingerprint density at radius 2 is 2.30 bits per heavy atom. The van der Waals surface area contributed by atoms with Crippen LogP contribution in [0.5, 0.6) is 5.75 Å². The summed E-state index contributed by atoms with van der Waals surface area (Å²) in [5.74, 6) is 0.276. The van der Waals surface area contributed by atoms with E-state index in [9.17, 15) is 4.79 Å². The third-order valence-corrected chi connectivity index (χ3v) is 2.98. The molecule has 0 radical (unpaired) electrons. The van der Waals surface area contributed by atoms with Crippen molar-refractivity contribution >= 4 is 16.8 Å². The Morgan fingerprint density at radius 1 is 1.45 bits per heavy atom. The van der Waals surface area contributed by atoms with Gasteiger partial charge in [-0.3, -0.25) is 9.78 Å². The molecule has 106 valence electrons. The molecule has 5 heteroatoms. The summed E-state index contributed by atoms with van der Waals surface area (Å²) in [6.07, 6.45) is 2.67. The van der Waals surface area contributed by atoms with Crippen molar-refractivity contribution < 1.29 is 9.53 Å². The van der Waals surface area contributed by atoms with E-state index >= 15 is 0 Å². The first-order valence-corrected chi connectivity index (χ1v) is 6.71. The fourth-order valence-corrected chi connectivity index (χ4v) is 1.88. The number of fused-ring (bicyclic) bond motifs is 1. The van der Waals surface area contributed by atoms with Crippen molar-refractivity contribution in [2.24, 2.45) is 5.73 Å². The summed E-state index contributed by atoms with van der Waals surface area (Å²) in [6, 6.07) is 9.06. The number of hydrogen-bond acceptors (Lipinski definition) is 4. The molecule has 20 heavy (non-hydrogen) atoms. The second kappa shape index (κ2) is 6.86. The van der Waals surface area contributed by atoms with Crippen LogP contribution in [-0.2, 0) is 4.79 Å². The average molecular weight is 273 g/mol. The molecule has 0 saturated carbocycles. The Labute approximate surface area is 118 Å². The highest BCUT2D eigenvalue weighted by molar-refractivity contribution is 5.80. The van der Waals surface area contributed by atoms with Crippen LogP contribution in [0.1, 0.15) is 13.3 Å². The SMILES string of the molecule is CCCNC(COc1ccc2cccnc2c1)C(N)=O. The minimum atomic E-state index is -0.477. The Morgan fingerprint density at radius 3 is 3.05 bits per heavy atom. The van der Waals surface area contributed by atoms with Crippen molar-refractivity contribution in [3.8, 4) is 5.75 Å². The molecule has 3 N–H and O–H groups in total. The molecule has 0 spiro atoms. The molecule has 0 fully saturated rings. The third-order valence-electron chi connectivity index (χ3n) is 2.98. The topological polar surface area (TPSA) is 77.2 Å². The number of nitrogens with zero attached hydrogens (tertiary/aromatic N) is 1. The summed E-state index contributed by atoms with van der Waals surface area (Å²) in [5.41, 5.74) is 6.20. The van der Waals surface area contributed by atoms with Gasteiger partial charge in [0.2, 0.25) is 5.91 Å². The molecule has 1 heterocycles. The van der Waals surface area contributed by atoms with E-state index in [4.69, 9.17) is 10.5 Å². The van der Waals surface area contributed by atoms with Gasteiger partial charge in [-0.2, -0.15) is 0 Å². The van der Waals surface area contributed by atoms with Crippen molar-refractivity contribution in [3.63, 3.8) is 0 Å². The number of aromatic nitrogens is 1. The van der Waals surface area contributed by atoms with Crippen LogP contribution in [0.3, 0.4) is 0 Å². The van der Waals surface area contributed by atoms with Crippen LogP contribution >= 0.6 is 0 Å². The maximum atomic E-state index is 11.3. The molecule has 5 nitrogen and oxygen atoms in total. The van der Waals surface area contributed by atoms with Crippen LogP contribution in [0.25, 0.3) is 10.9 Å². The first-order valence-electron chi connectivity index (χ1n) is 6.71. The zero-order valence-electron chi connectivity index (χ0n) is 11.5. The molecule has 0 aliphatic heterocycles. The summed E-state index contributed by atoms with van der Waals surface area (Å²) in [6.45, 7) is 2.98. The number of carbonyl (C=O) groups is 1. The number of amides is 1. The molecule has 1 aromatic heterocycles. The zero-order valence-corrected chi connectivity index (χ0v) is 11.5. The lowest BCUT2D eigenvalue weighted by Crippen LogP contribution is -2.45.